The van der Waals surface area contributed by atoms with Gasteiger partial charge in [0.2, 0.25) is 10.0 Å². The summed E-state index contributed by atoms with van der Waals surface area (Å²) < 4.78 is 24.3. The molecule has 1 aromatic carbocycles. The molecular formula is C15H16Cl2N4O3S. The molecule has 0 aliphatic carbocycles. The highest BCUT2D eigenvalue weighted by molar-refractivity contribution is 7.88. The molecule has 1 N–H and O–H groups in total. The quantitative estimate of drug-likeness (QED) is 0.613. The molecule has 0 aromatic heterocycles. The summed E-state index contributed by atoms with van der Waals surface area (Å²) in [4.78, 5) is 14.0. The summed E-state index contributed by atoms with van der Waals surface area (Å²) in [5.41, 5.74) is 0.200. The minimum atomic E-state index is -3.23. The van der Waals surface area contributed by atoms with Gasteiger partial charge in [0.15, 0.2) is 0 Å². The Morgan fingerprint density at radius 2 is 1.92 bits per heavy atom. The van der Waals surface area contributed by atoms with Crippen LogP contribution in [-0.2, 0) is 14.8 Å². The molecule has 0 spiro atoms. The summed E-state index contributed by atoms with van der Waals surface area (Å²) in [6.07, 6.45) is 2.58. The topological polar surface area (TPSA) is 93.5 Å². The highest BCUT2D eigenvalue weighted by Crippen LogP contribution is 2.29. The van der Waals surface area contributed by atoms with Crippen molar-refractivity contribution in [1.82, 2.24) is 9.21 Å². The summed E-state index contributed by atoms with van der Waals surface area (Å²) >= 11 is 11.9. The van der Waals surface area contributed by atoms with E-state index in [0.717, 1.165) is 6.26 Å². The number of piperazine rings is 1. The molecule has 1 saturated heterocycles. The van der Waals surface area contributed by atoms with Crippen molar-refractivity contribution < 1.29 is 13.2 Å². The summed E-state index contributed by atoms with van der Waals surface area (Å²) in [7, 11) is -3.23. The van der Waals surface area contributed by atoms with E-state index in [1.54, 1.807) is 23.1 Å². The largest absolute Gasteiger partial charge is 0.373 e. The van der Waals surface area contributed by atoms with E-state index in [1.165, 1.54) is 10.5 Å². The molecule has 0 unspecified atom stereocenters. The van der Waals surface area contributed by atoms with Gasteiger partial charge in [0.05, 0.1) is 22.0 Å². The minimum absolute atomic E-state index is 0.108. The molecule has 0 saturated carbocycles. The normalized spacial score (nSPS) is 16.4. The van der Waals surface area contributed by atoms with E-state index >= 15 is 0 Å². The van der Waals surface area contributed by atoms with Crippen molar-refractivity contribution in [3.63, 3.8) is 0 Å². The van der Waals surface area contributed by atoms with Gasteiger partial charge in [0.1, 0.15) is 11.6 Å². The van der Waals surface area contributed by atoms with Crippen molar-refractivity contribution in [2.75, 3.05) is 37.8 Å². The maximum absolute atomic E-state index is 12.3. The van der Waals surface area contributed by atoms with Gasteiger partial charge < -0.3 is 10.2 Å². The first kappa shape index (κ1) is 19.5. The SMILES string of the molecule is CS(=O)(=O)N1CCN(/C=C(/C#N)C(=O)Nc2cccc(Cl)c2Cl)CC1. The van der Waals surface area contributed by atoms with E-state index in [1.807, 2.05) is 6.07 Å². The summed E-state index contributed by atoms with van der Waals surface area (Å²) in [5.74, 6) is -0.614. The Bertz CT molecular complexity index is 841. The number of nitriles is 1. The number of anilines is 1. The third-order valence-corrected chi connectivity index (χ3v) is 5.74. The molecular weight excluding hydrogens is 387 g/mol. The number of amides is 1. The predicted octanol–water partition coefficient (Wildman–Crippen LogP) is 1.92. The average molecular weight is 403 g/mol. The smallest absolute Gasteiger partial charge is 0.267 e. The second-order valence-corrected chi connectivity index (χ2v) is 8.18. The number of carbonyl (C=O) groups excluding carboxylic acids is 1. The lowest BCUT2D eigenvalue weighted by Gasteiger charge is -2.32. The zero-order valence-corrected chi connectivity index (χ0v) is 15.7. The second-order valence-electron chi connectivity index (χ2n) is 5.41. The number of hydrogen-bond acceptors (Lipinski definition) is 5. The van der Waals surface area contributed by atoms with Gasteiger partial charge in [-0.3, -0.25) is 4.79 Å². The molecule has 1 aliphatic rings. The standard InChI is InChI=1S/C15H16Cl2N4O3S/c1-25(23,24)21-7-5-20(6-8-21)10-11(9-18)15(22)19-13-4-2-3-12(16)14(13)17/h2-4,10H,5-8H2,1H3,(H,19,22)/b11-10-. The number of rotatable bonds is 4. The van der Waals surface area contributed by atoms with E-state index in [2.05, 4.69) is 5.32 Å². The first-order chi connectivity index (χ1) is 11.7. The highest BCUT2D eigenvalue weighted by atomic mass is 35.5. The molecule has 1 amide bonds. The lowest BCUT2D eigenvalue weighted by molar-refractivity contribution is -0.112. The fourth-order valence-electron chi connectivity index (χ4n) is 2.28. The van der Waals surface area contributed by atoms with Crippen molar-refractivity contribution in [3.05, 3.63) is 40.0 Å². The summed E-state index contributed by atoms with van der Waals surface area (Å²) in [6, 6.07) is 6.63. The Morgan fingerprint density at radius 1 is 1.28 bits per heavy atom. The van der Waals surface area contributed by atoms with E-state index in [-0.39, 0.29) is 10.6 Å². The molecule has 1 aromatic rings. The molecule has 25 heavy (non-hydrogen) atoms. The Hall–Kier alpha value is -1.79. The molecule has 134 valence electrons. The number of nitrogens with zero attached hydrogens (tertiary/aromatic N) is 3. The monoisotopic (exact) mass is 402 g/mol. The maximum Gasteiger partial charge on any atom is 0.267 e. The van der Waals surface area contributed by atoms with Gasteiger partial charge in [-0.25, -0.2) is 8.42 Å². The van der Waals surface area contributed by atoms with Crippen LogP contribution in [0.3, 0.4) is 0 Å². The lowest BCUT2D eigenvalue weighted by Crippen LogP contribution is -2.46. The van der Waals surface area contributed by atoms with Gasteiger partial charge >= 0.3 is 0 Å². The zero-order chi connectivity index (χ0) is 18.6. The zero-order valence-electron chi connectivity index (χ0n) is 13.4. The molecule has 1 fully saturated rings. The maximum atomic E-state index is 12.3. The molecule has 0 radical (unpaired) electrons. The number of carbonyl (C=O) groups is 1. The molecule has 0 atom stereocenters. The van der Waals surface area contributed by atoms with E-state index in [0.29, 0.717) is 36.9 Å². The van der Waals surface area contributed by atoms with Crippen LogP contribution >= 0.6 is 23.2 Å². The molecule has 0 bridgehead atoms. The second kappa shape index (κ2) is 8.06. The van der Waals surface area contributed by atoms with Gasteiger partial charge in [-0.2, -0.15) is 9.57 Å². The van der Waals surface area contributed by atoms with E-state index in [4.69, 9.17) is 23.2 Å². The minimum Gasteiger partial charge on any atom is -0.373 e. The van der Waals surface area contributed by atoms with Gasteiger partial charge in [-0.15, -0.1) is 0 Å². The molecule has 10 heteroatoms. The third-order valence-electron chi connectivity index (χ3n) is 3.62. The molecule has 1 aliphatic heterocycles. The number of sulfonamides is 1. The Balaban J connectivity index is 2.07. The van der Waals surface area contributed by atoms with Crippen molar-refractivity contribution in [2.45, 2.75) is 0 Å². The summed E-state index contributed by atoms with van der Waals surface area (Å²) in [5, 5.41) is 12.3. The van der Waals surface area contributed by atoms with Gasteiger partial charge in [0.25, 0.3) is 5.91 Å². The molecule has 1 heterocycles. The van der Waals surface area contributed by atoms with Crippen LogP contribution in [-0.4, -0.2) is 56.0 Å². The van der Waals surface area contributed by atoms with Crippen LogP contribution in [0.25, 0.3) is 0 Å². The Morgan fingerprint density at radius 3 is 2.48 bits per heavy atom. The summed E-state index contributed by atoms with van der Waals surface area (Å²) in [6.45, 7) is 1.39. The average Bonchev–Trinajstić information content (AvgIpc) is 2.56. The van der Waals surface area contributed by atoms with Crippen LogP contribution in [0.2, 0.25) is 10.0 Å². The highest BCUT2D eigenvalue weighted by Gasteiger charge is 2.23. The Kier molecular flexibility index (Phi) is 6.30. The predicted molar refractivity (Wildman–Crippen MR) is 96.8 cm³/mol. The molecule has 2 rings (SSSR count). The van der Waals surface area contributed by atoms with Gasteiger partial charge in [-0.05, 0) is 12.1 Å². The first-order valence-electron chi connectivity index (χ1n) is 7.29. The van der Waals surface area contributed by atoms with Crippen LogP contribution in [0, 0.1) is 11.3 Å². The lowest BCUT2D eigenvalue weighted by atomic mass is 10.2. The Labute approximate surface area is 156 Å². The van der Waals surface area contributed by atoms with Crippen molar-refractivity contribution >= 4 is 44.8 Å². The van der Waals surface area contributed by atoms with Gasteiger partial charge in [0, 0.05) is 32.4 Å². The fourth-order valence-corrected chi connectivity index (χ4v) is 3.45. The van der Waals surface area contributed by atoms with Crippen molar-refractivity contribution in [3.8, 4) is 6.07 Å². The number of benzene rings is 1. The van der Waals surface area contributed by atoms with Crippen LogP contribution in [0.4, 0.5) is 5.69 Å². The van der Waals surface area contributed by atoms with Crippen LogP contribution in [0.15, 0.2) is 30.0 Å². The number of hydrogen-bond donors (Lipinski definition) is 1. The van der Waals surface area contributed by atoms with Crippen molar-refractivity contribution in [1.29, 1.82) is 5.26 Å². The van der Waals surface area contributed by atoms with Crippen LogP contribution in [0.5, 0.6) is 0 Å². The van der Waals surface area contributed by atoms with Crippen molar-refractivity contribution in [2.24, 2.45) is 0 Å². The number of nitrogens with one attached hydrogen (secondary N) is 1. The first-order valence-corrected chi connectivity index (χ1v) is 9.89. The fraction of sp³-hybridized carbons (Fsp3) is 0.333. The van der Waals surface area contributed by atoms with Crippen LogP contribution in [0.1, 0.15) is 0 Å². The van der Waals surface area contributed by atoms with E-state index < -0.39 is 15.9 Å². The van der Waals surface area contributed by atoms with Gasteiger partial charge in [-0.1, -0.05) is 29.3 Å². The third kappa shape index (κ3) is 5.09. The number of halogens is 2. The van der Waals surface area contributed by atoms with Crippen LogP contribution < -0.4 is 5.32 Å². The van der Waals surface area contributed by atoms with E-state index in [9.17, 15) is 18.5 Å². The molecule has 7 nitrogen and oxygen atoms in total.